The largest absolute Gasteiger partial charge is 0.326 e. The highest BCUT2D eigenvalue weighted by molar-refractivity contribution is 5.94. The molecule has 0 bridgehead atoms. The number of hydrogen-bond donors (Lipinski definition) is 1. The molecule has 0 aliphatic heterocycles. The zero-order valence-corrected chi connectivity index (χ0v) is 17.1. The van der Waals surface area contributed by atoms with E-state index in [1.807, 2.05) is 53.2 Å². The lowest BCUT2D eigenvalue weighted by Crippen LogP contribution is -2.18. The van der Waals surface area contributed by atoms with Gasteiger partial charge in [0.1, 0.15) is 5.82 Å². The zero-order valence-electron chi connectivity index (χ0n) is 17.1. The summed E-state index contributed by atoms with van der Waals surface area (Å²) in [6, 6.07) is 21.3. The third kappa shape index (κ3) is 4.48. The van der Waals surface area contributed by atoms with Crippen molar-refractivity contribution in [3.8, 4) is 0 Å². The van der Waals surface area contributed by atoms with Crippen LogP contribution in [0.4, 0.5) is 10.1 Å². The summed E-state index contributed by atoms with van der Waals surface area (Å²) >= 11 is 0. The van der Waals surface area contributed by atoms with E-state index in [1.165, 1.54) is 6.07 Å². The van der Waals surface area contributed by atoms with Gasteiger partial charge in [-0.25, -0.2) is 4.39 Å². The Hall–Kier alpha value is -3.93. The van der Waals surface area contributed by atoms with Gasteiger partial charge in [0.2, 0.25) is 5.91 Å². The van der Waals surface area contributed by atoms with Gasteiger partial charge in [0, 0.05) is 12.7 Å². The van der Waals surface area contributed by atoms with Gasteiger partial charge in [0.25, 0.3) is 5.56 Å². The summed E-state index contributed by atoms with van der Waals surface area (Å²) in [6.07, 6.45) is 3.93. The van der Waals surface area contributed by atoms with E-state index in [0.717, 1.165) is 11.1 Å². The van der Waals surface area contributed by atoms with Crippen molar-refractivity contribution in [2.24, 2.45) is 7.05 Å². The van der Waals surface area contributed by atoms with Crippen LogP contribution in [0, 0.1) is 5.82 Å². The Morgan fingerprint density at radius 1 is 1.03 bits per heavy atom. The summed E-state index contributed by atoms with van der Waals surface area (Å²) in [5, 5.41) is 3.27. The molecule has 0 aliphatic rings. The van der Waals surface area contributed by atoms with Crippen LogP contribution in [0.5, 0.6) is 0 Å². The molecule has 1 heterocycles. The Morgan fingerprint density at radius 2 is 1.77 bits per heavy atom. The number of fused-ring (bicyclic) bond motifs is 1. The first kappa shape index (κ1) is 20.3. The van der Waals surface area contributed by atoms with E-state index >= 15 is 0 Å². The number of carbonyl (C=O) groups excluding carboxylic acids is 1. The number of hydrogen-bond acceptors (Lipinski definition) is 2. The van der Waals surface area contributed by atoms with Crippen molar-refractivity contribution in [3.05, 3.63) is 106 Å². The van der Waals surface area contributed by atoms with Crippen molar-refractivity contribution < 1.29 is 9.18 Å². The summed E-state index contributed by atoms with van der Waals surface area (Å²) in [7, 11) is 1.72. The molecule has 1 N–H and O–H groups in total. The lowest BCUT2D eigenvalue weighted by molar-refractivity contribution is -0.115. The van der Waals surface area contributed by atoms with Crippen molar-refractivity contribution in [2.45, 2.75) is 13.0 Å². The summed E-state index contributed by atoms with van der Waals surface area (Å²) < 4.78 is 17.2. The number of amides is 1. The maximum absolute atomic E-state index is 13.8. The van der Waals surface area contributed by atoms with Crippen molar-refractivity contribution in [1.29, 1.82) is 0 Å². The lowest BCUT2D eigenvalue weighted by Gasteiger charge is -2.08. The Kier molecular flexibility index (Phi) is 5.80. The molecule has 0 fully saturated rings. The molecular formula is C25H22FN3O2. The first-order valence-corrected chi connectivity index (χ1v) is 9.97. The third-order valence-electron chi connectivity index (χ3n) is 5.14. The number of nitrogens with zero attached hydrogens (tertiary/aromatic N) is 2. The summed E-state index contributed by atoms with van der Waals surface area (Å²) in [4.78, 5) is 25.0. The molecule has 0 atom stereocenters. The number of carbonyl (C=O) groups is 1. The molecule has 4 rings (SSSR count). The molecule has 0 saturated heterocycles. The first-order valence-electron chi connectivity index (χ1n) is 9.97. The number of allylic oxidation sites excluding steroid dienone is 1. The van der Waals surface area contributed by atoms with Gasteiger partial charge < -0.3 is 5.32 Å². The molecule has 6 heteroatoms. The van der Waals surface area contributed by atoms with E-state index < -0.39 is 5.82 Å². The second kappa shape index (κ2) is 8.83. The van der Waals surface area contributed by atoms with E-state index in [9.17, 15) is 14.0 Å². The molecule has 0 saturated carbocycles. The van der Waals surface area contributed by atoms with Crippen LogP contribution in [0.25, 0.3) is 17.0 Å². The molecule has 1 amide bonds. The maximum atomic E-state index is 13.8. The molecule has 1 aromatic heterocycles. The molecule has 0 spiro atoms. The van der Waals surface area contributed by atoms with Gasteiger partial charge in [-0.1, -0.05) is 60.7 Å². The van der Waals surface area contributed by atoms with Gasteiger partial charge in [-0.05, 0) is 35.4 Å². The molecule has 0 aliphatic carbocycles. The van der Waals surface area contributed by atoms with Crippen LogP contribution in [0.2, 0.25) is 0 Å². The van der Waals surface area contributed by atoms with Crippen molar-refractivity contribution in [2.75, 3.05) is 5.32 Å². The second-order valence-corrected chi connectivity index (χ2v) is 7.27. The first-order chi connectivity index (χ1) is 15.0. The number of rotatable bonds is 6. The van der Waals surface area contributed by atoms with Crippen LogP contribution in [-0.2, 0) is 24.8 Å². The molecule has 0 unspecified atom stereocenters. The lowest BCUT2D eigenvalue weighted by atomic mass is 10.1. The minimum atomic E-state index is -0.414. The number of aromatic nitrogens is 2. The molecule has 156 valence electrons. The molecule has 5 nitrogen and oxygen atoms in total. The summed E-state index contributed by atoms with van der Waals surface area (Å²) in [5.41, 5.74) is 2.55. The van der Waals surface area contributed by atoms with Crippen LogP contribution in [-0.4, -0.2) is 15.3 Å². The summed E-state index contributed by atoms with van der Waals surface area (Å²) in [5.74, 6) is -0.755. The highest BCUT2D eigenvalue weighted by Gasteiger charge is 2.12. The molecule has 4 aromatic rings. The Morgan fingerprint density at radius 3 is 2.55 bits per heavy atom. The van der Waals surface area contributed by atoms with Gasteiger partial charge in [0.05, 0.1) is 23.9 Å². The van der Waals surface area contributed by atoms with Crippen LogP contribution in [0.3, 0.4) is 0 Å². The average molecular weight is 415 g/mol. The fraction of sp³-hybridized carbons (Fsp3) is 0.120. The predicted molar refractivity (Wildman–Crippen MR) is 121 cm³/mol. The van der Waals surface area contributed by atoms with Crippen LogP contribution in [0.1, 0.15) is 11.1 Å². The molecular weight excluding hydrogens is 393 g/mol. The highest BCUT2D eigenvalue weighted by Crippen LogP contribution is 2.18. The molecule has 31 heavy (non-hydrogen) atoms. The average Bonchev–Trinajstić information content (AvgIpc) is 3.00. The number of nitrogens with one attached hydrogen (secondary N) is 1. The molecule has 3 aromatic carbocycles. The normalized spacial score (nSPS) is 11.3. The van der Waals surface area contributed by atoms with E-state index in [4.69, 9.17) is 0 Å². The zero-order chi connectivity index (χ0) is 21.8. The van der Waals surface area contributed by atoms with Gasteiger partial charge >= 0.3 is 0 Å². The van der Waals surface area contributed by atoms with E-state index in [0.29, 0.717) is 23.2 Å². The smallest absolute Gasteiger partial charge is 0.274 e. The van der Waals surface area contributed by atoms with E-state index in [1.54, 1.807) is 42.1 Å². The predicted octanol–water partition coefficient (Wildman–Crippen LogP) is 4.37. The fourth-order valence-electron chi connectivity index (χ4n) is 3.55. The molecule has 0 radical (unpaired) electrons. The fourth-order valence-corrected chi connectivity index (χ4v) is 3.55. The van der Waals surface area contributed by atoms with Gasteiger partial charge in [-0.2, -0.15) is 0 Å². The minimum Gasteiger partial charge on any atom is -0.326 e. The van der Waals surface area contributed by atoms with Crippen LogP contribution >= 0.6 is 0 Å². The Bertz CT molecular complexity index is 1320. The summed E-state index contributed by atoms with van der Waals surface area (Å²) in [6.45, 7) is 0.531. The number of benzene rings is 3. The maximum Gasteiger partial charge on any atom is 0.274 e. The van der Waals surface area contributed by atoms with Crippen molar-refractivity contribution >= 4 is 28.6 Å². The van der Waals surface area contributed by atoms with E-state index in [2.05, 4.69) is 5.32 Å². The van der Waals surface area contributed by atoms with Crippen molar-refractivity contribution in [3.63, 3.8) is 0 Å². The van der Waals surface area contributed by atoms with E-state index in [-0.39, 0.29) is 17.9 Å². The quantitative estimate of drug-likeness (QED) is 0.508. The highest BCUT2D eigenvalue weighted by atomic mass is 19.1. The number of halogens is 1. The van der Waals surface area contributed by atoms with Crippen LogP contribution < -0.4 is 10.9 Å². The van der Waals surface area contributed by atoms with Gasteiger partial charge in [-0.15, -0.1) is 0 Å². The third-order valence-corrected chi connectivity index (χ3v) is 5.14. The monoisotopic (exact) mass is 415 g/mol. The Labute approximate surface area is 179 Å². The SMILES string of the molecule is Cn1c(=O)c2cc(NC(=O)Cc3ccccc3F)ccc2n1C/C=C/c1ccccc1. The van der Waals surface area contributed by atoms with Gasteiger partial charge in [0.15, 0.2) is 0 Å². The minimum absolute atomic E-state index is 0.0754. The second-order valence-electron chi connectivity index (χ2n) is 7.27. The topological polar surface area (TPSA) is 56.0 Å². The standard InChI is InChI=1S/C25H22FN3O2/c1-28-25(31)21-17-20(27-24(30)16-19-11-5-6-12-22(19)26)13-14-23(21)29(28)15-7-10-18-8-3-2-4-9-18/h2-14,17H,15-16H2,1H3,(H,27,30)/b10-7+. The Balaban J connectivity index is 1.53. The number of anilines is 1. The van der Waals surface area contributed by atoms with Crippen LogP contribution in [0.15, 0.2) is 83.7 Å². The van der Waals surface area contributed by atoms with Crippen molar-refractivity contribution in [1.82, 2.24) is 9.36 Å². The van der Waals surface area contributed by atoms with Gasteiger partial charge in [-0.3, -0.25) is 19.0 Å².